The number of hydrogen-bond donors (Lipinski definition) is 1. The van der Waals surface area contributed by atoms with E-state index in [1.165, 1.54) is 32.1 Å². The zero-order valence-electron chi connectivity index (χ0n) is 12.8. The third-order valence-electron chi connectivity index (χ3n) is 4.41. The van der Waals surface area contributed by atoms with Crippen molar-refractivity contribution in [1.82, 2.24) is 0 Å². The number of aliphatic hydroxyl groups is 1. The molecule has 0 spiro atoms. The van der Waals surface area contributed by atoms with Crippen LogP contribution in [0.3, 0.4) is 0 Å². The molecule has 0 bridgehead atoms. The van der Waals surface area contributed by atoms with Crippen molar-refractivity contribution in [3.05, 3.63) is 23.3 Å². The normalized spacial score (nSPS) is 17.8. The first-order chi connectivity index (χ1) is 9.65. The highest BCUT2D eigenvalue weighted by atomic mass is 16.5. The minimum absolute atomic E-state index is 0.405. The maximum absolute atomic E-state index is 10.5. The third kappa shape index (κ3) is 3.45. The molecule has 1 aromatic rings. The van der Waals surface area contributed by atoms with Crippen molar-refractivity contribution in [1.29, 1.82) is 0 Å². The lowest BCUT2D eigenvalue weighted by Crippen LogP contribution is -2.12. The maximum Gasteiger partial charge on any atom is 0.161 e. The number of rotatable bonds is 5. The van der Waals surface area contributed by atoms with Gasteiger partial charge in [-0.25, -0.2) is 0 Å². The summed E-state index contributed by atoms with van der Waals surface area (Å²) in [7, 11) is 3.26. The second-order valence-corrected chi connectivity index (χ2v) is 5.82. The first-order valence-electron chi connectivity index (χ1n) is 7.56. The average Bonchev–Trinajstić information content (AvgIpc) is 2.47. The number of aliphatic hydroxyl groups excluding tert-OH is 1. The monoisotopic (exact) mass is 278 g/mol. The Morgan fingerprint density at radius 3 is 2.30 bits per heavy atom. The molecule has 0 saturated heterocycles. The van der Waals surface area contributed by atoms with E-state index in [9.17, 15) is 5.11 Å². The highest BCUT2D eigenvalue weighted by molar-refractivity contribution is 5.47. The number of hydrogen-bond acceptors (Lipinski definition) is 3. The van der Waals surface area contributed by atoms with Crippen LogP contribution in [-0.2, 0) is 0 Å². The van der Waals surface area contributed by atoms with Gasteiger partial charge in [-0.3, -0.25) is 0 Å². The van der Waals surface area contributed by atoms with E-state index in [0.717, 1.165) is 23.3 Å². The van der Waals surface area contributed by atoms with Gasteiger partial charge in [0.1, 0.15) is 0 Å². The Morgan fingerprint density at radius 2 is 1.70 bits per heavy atom. The molecule has 0 aromatic heterocycles. The van der Waals surface area contributed by atoms with E-state index < -0.39 is 6.10 Å². The summed E-state index contributed by atoms with van der Waals surface area (Å²) in [4.78, 5) is 0. The lowest BCUT2D eigenvalue weighted by molar-refractivity contribution is 0.130. The Balaban J connectivity index is 2.13. The van der Waals surface area contributed by atoms with Gasteiger partial charge >= 0.3 is 0 Å². The van der Waals surface area contributed by atoms with Crippen LogP contribution in [0, 0.1) is 12.8 Å². The number of ether oxygens (including phenoxy) is 2. The molecule has 0 amide bonds. The van der Waals surface area contributed by atoms with Gasteiger partial charge in [-0.2, -0.15) is 0 Å². The summed E-state index contributed by atoms with van der Waals surface area (Å²) in [5, 5.41) is 10.5. The summed E-state index contributed by atoms with van der Waals surface area (Å²) < 4.78 is 10.6. The molecular formula is C17H26O3. The van der Waals surface area contributed by atoms with Crippen LogP contribution in [0.5, 0.6) is 11.5 Å². The number of methoxy groups -OCH3 is 2. The molecule has 1 unspecified atom stereocenters. The molecule has 1 N–H and O–H groups in total. The van der Waals surface area contributed by atoms with E-state index in [1.54, 1.807) is 14.2 Å². The van der Waals surface area contributed by atoms with Gasteiger partial charge < -0.3 is 14.6 Å². The van der Waals surface area contributed by atoms with E-state index in [-0.39, 0.29) is 0 Å². The van der Waals surface area contributed by atoms with E-state index in [2.05, 4.69) is 0 Å². The Morgan fingerprint density at radius 1 is 1.10 bits per heavy atom. The largest absolute Gasteiger partial charge is 0.493 e. The molecule has 112 valence electrons. The topological polar surface area (TPSA) is 38.7 Å². The minimum Gasteiger partial charge on any atom is -0.493 e. The van der Waals surface area contributed by atoms with E-state index in [1.807, 2.05) is 19.1 Å². The molecule has 1 aliphatic rings. The smallest absolute Gasteiger partial charge is 0.161 e. The first-order valence-corrected chi connectivity index (χ1v) is 7.56. The standard InChI is InChI=1S/C17H26O3/c1-12-9-16(19-2)17(20-3)11-14(12)15(18)10-13-7-5-4-6-8-13/h9,11,13,15,18H,4-8,10H2,1-3H3. The van der Waals surface area contributed by atoms with Crippen LogP contribution < -0.4 is 9.47 Å². The molecule has 1 fully saturated rings. The SMILES string of the molecule is COc1cc(C)c(C(O)CC2CCCCC2)cc1OC. The Kier molecular flexibility index (Phi) is 5.30. The van der Waals surface area contributed by atoms with Crippen LogP contribution in [-0.4, -0.2) is 19.3 Å². The lowest BCUT2D eigenvalue weighted by Gasteiger charge is -2.25. The van der Waals surface area contributed by atoms with Crippen LogP contribution in [0.4, 0.5) is 0 Å². The summed E-state index contributed by atoms with van der Waals surface area (Å²) in [6, 6.07) is 3.86. The predicted octanol–water partition coefficient (Wildman–Crippen LogP) is 4.02. The number of aryl methyl sites for hydroxylation is 1. The Bertz CT molecular complexity index is 436. The zero-order valence-corrected chi connectivity index (χ0v) is 12.8. The minimum atomic E-state index is -0.405. The molecule has 0 radical (unpaired) electrons. The second kappa shape index (κ2) is 6.98. The highest BCUT2D eigenvalue weighted by Gasteiger charge is 2.21. The average molecular weight is 278 g/mol. The first kappa shape index (κ1) is 15.2. The summed E-state index contributed by atoms with van der Waals surface area (Å²) in [6.45, 7) is 2.02. The summed E-state index contributed by atoms with van der Waals surface area (Å²) in [5.41, 5.74) is 2.03. The van der Waals surface area contributed by atoms with Crippen LogP contribution >= 0.6 is 0 Å². The second-order valence-electron chi connectivity index (χ2n) is 5.82. The number of benzene rings is 1. The van der Waals surface area contributed by atoms with Gasteiger partial charge in [-0.15, -0.1) is 0 Å². The predicted molar refractivity (Wildman–Crippen MR) is 80.4 cm³/mol. The fraction of sp³-hybridized carbons (Fsp3) is 0.647. The Labute approximate surface area is 121 Å². The molecule has 20 heavy (non-hydrogen) atoms. The lowest BCUT2D eigenvalue weighted by atomic mass is 9.83. The third-order valence-corrected chi connectivity index (χ3v) is 4.41. The van der Waals surface area contributed by atoms with Gasteiger partial charge in [0.25, 0.3) is 0 Å². The van der Waals surface area contributed by atoms with Crippen molar-refractivity contribution in [2.24, 2.45) is 5.92 Å². The van der Waals surface area contributed by atoms with Crippen molar-refractivity contribution in [2.45, 2.75) is 51.6 Å². The molecule has 3 heteroatoms. The van der Waals surface area contributed by atoms with Crippen molar-refractivity contribution in [3.63, 3.8) is 0 Å². The fourth-order valence-corrected chi connectivity index (χ4v) is 3.22. The van der Waals surface area contributed by atoms with E-state index in [4.69, 9.17) is 9.47 Å². The molecule has 0 heterocycles. The van der Waals surface area contributed by atoms with Crippen molar-refractivity contribution >= 4 is 0 Å². The molecule has 1 saturated carbocycles. The van der Waals surface area contributed by atoms with E-state index in [0.29, 0.717) is 11.7 Å². The quantitative estimate of drug-likeness (QED) is 0.884. The summed E-state index contributed by atoms with van der Waals surface area (Å²) in [5.74, 6) is 2.07. The van der Waals surface area contributed by atoms with Gasteiger partial charge in [0.2, 0.25) is 0 Å². The molecule has 0 aliphatic heterocycles. The van der Waals surface area contributed by atoms with Gasteiger partial charge in [0.05, 0.1) is 20.3 Å². The van der Waals surface area contributed by atoms with Gasteiger partial charge in [-0.05, 0) is 42.5 Å². The van der Waals surface area contributed by atoms with Crippen molar-refractivity contribution in [3.8, 4) is 11.5 Å². The zero-order chi connectivity index (χ0) is 14.5. The molecule has 2 rings (SSSR count). The Hall–Kier alpha value is -1.22. The fourth-order valence-electron chi connectivity index (χ4n) is 3.22. The maximum atomic E-state index is 10.5. The van der Waals surface area contributed by atoms with Crippen LogP contribution in [0.25, 0.3) is 0 Å². The molecule has 1 aromatic carbocycles. The van der Waals surface area contributed by atoms with Gasteiger partial charge in [-0.1, -0.05) is 32.1 Å². The highest BCUT2D eigenvalue weighted by Crippen LogP contribution is 2.37. The molecule has 3 nitrogen and oxygen atoms in total. The van der Waals surface area contributed by atoms with Crippen LogP contribution in [0.2, 0.25) is 0 Å². The molecule has 1 atom stereocenters. The summed E-state index contributed by atoms with van der Waals surface area (Å²) in [6.07, 6.45) is 6.92. The van der Waals surface area contributed by atoms with Gasteiger partial charge in [0, 0.05) is 0 Å². The van der Waals surface area contributed by atoms with Crippen molar-refractivity contribution in [2.75, 3.05) is 14.2 Å². The van der Waals surface area contributed by atoms with Gasteiger partial charge in [0.15, 0.2) is 11.5 Å². The molecular weight excluding hydrogens is 252 g/mol. The van der Waals surface area contributed by atoms with E-state index >= 15 is 0 Å². The summed E-state index contributed by atoms with van der Waals surface area (Å²) >= 11 is 0. The van der Waals surface area contributed by atoms with Crippen molar-refractivity contribution < 1.29 is 14.6 Å². The molecule has 1 aliphatic carbocycles. The van der Waals surface area contributed by atoms with Crippen LogP contribution in [0.1, 0.15) is 55.8 Å². The van der Waals surface area contributed by atoms with Crippen LogP contribution in [0.15, 0.2) is 12.1 Å².